The minimum atomic E-state index is 0.557. The summed E-state index contributed by atoms with van der Waals surface area (Å²) < 4.78 is 6.56. The molecule has 92 valence electrons. The van der Waals surface area contributed by atoms with E-state index in [2.05, 4.69) is 28.1 Å². The van der Waals surface area contributed by atoms with Gasteiger partial charge in [0.25, 0.3) is 0 Å². The topological polar surface area (TPSA) is 26.3 Å². The zero-order valence-electron chi connectivity index (χ0n) is 9.80. The van der Waals surface area contributed by atoms with E-state index in [1.54, 1.807) is 6.07 Å². The Morgan fingerprint density at radius 1 is 1.11 bits per heavy atom. The highest BCUT2D eigenvalue weighted by molar-refractivity contribution is 9.10. The van der Waals surface area contributed by atoms with Gasteiger partial charge in [-0.2, -0.15) is 0 Å². The molecule has 0 radical (unpaired) electrons. The zero-order chi connectivity index (χ0) is 12.8. The Balaban J connectivity index is 1.98. The second-order valence-corrected chi connectivity index (χ2v) is 4.80. The second-order valence-electron chi connectivity index (χ2n) is 3.88. The predicted molar refractivity (Wildman–Crippen MR) is 75.2 cm³/mol. The summed E-state index contributed by atoms with van der Waals surface area (Å²) in [7, 11) is 0. The molecule has 2 rings (SSSR count). The lowest BCUT2D eigenvalue weighted by molar-refractivity contribution is 0.111. The van der Waals surface area contributed by atoms with E-state index in [9.17, 15) is 4.79 Å². The van der Waals surface area contributed by atoms with Gasteiger partial charge in [0, 0.05) is 10.9 Å². The van der Waals surface area contributed by atoms with Crippen LogP contribution in [-0.2, 0) is 6.42 Å². The fraction of sp³-hybridized carbons (Fsp3) is 0.133. The van der Waals surface area contributed by atoms with Crippen LogP contribution in [0, 0.1) is 0 Å². The Bertz CT molecular complexity index is 523. The quantitative estimate of drug-likeness (QED) is 0.784. The summed E-state index contributed by atoms with van der Waals surface area (Å²) in [5, 5.41) is 0. The molecule has 18 heavy (non-hydrogen) atoms. The maximum atomic E-state index is 10.9. The number of carbonyl (C=O) groups excluding carboxylic acids is 1. The third kappa shape index (κ3) is 3.44. The van der Waals surface area contributed by atoms with E-state index in [0.29, 0.717) is 17.9 Å². The van der Waals surface area contributed by atoms with Crippen LogP contribution in [0.3, 0.4) is 0 Å². The van der Waals surface area contributed by atoms with Crippen LogP contribution in [0.5, 0.6) is 5.75 Å². The molecule has 0 aliphatic heterocycles. The lowest BCUT2D eigenvalue weighted by Gasteiger charge is -2.08. The van der Waals surface area contributed by atoms with Crippen LogP contribution >= 0.6 is 15.9 Å². The molecule has 0 amide bonds. The van der Waals surface area contributed by atoms with Gasteiger partial charge in [-0.1, -0.05) is 46.3 Å². The number of benzene rings is 2. The minimum Gasteiger partial charge on any atom is -0.492 e. The number of rotatable bonds is 5. The molecule has 0 aliphatic carbocycles. The van der Waals surface area contributed by atoms with E-state index in [0.717, 1.165) is 17.2 Å². The van der Waals surface area contributed by atoms with E-state index >= 15 is 0 Å². The summed E-state index contributed by atoms with van der Waals surface area (Å²) in [4.78, 5) is 10.9. The van der Waals surface area contributed by atoms with Gasteiger partial charge in [-0.3, -0.25) is 4.79 Å². The molecule has 0 fully saturated rings. The van der Waals surface area contributed by atoms with Gasteiger partial charge in [0.1, 0.15) is 5.75 Å². The molecule has 0 unspecified atom stereocenters. The van der Waals surface area contributed by atoms with Crippen molar-refractivity contribution in [1.82, 2.24) is 0 Å². The van der Waals surface area contributed by atoms with Gasteiger partial charge >= 0.3 is 0 Å². The summed E-state index contributed by atoms with van der Waals surface area (Å²) in [5.74, 6) is 0.621. The van der Waals surface area contributed by atoms with E-state index in [1.165, 1.54) is 5.56 Å². The third-order valence-electron chi connectivity index (χ3n) is 2.59. The first kappa shape index (κ1) is 12.8. The Kier molecular flexibility index (Phi) is 4.53. The van der Waals surface area contributed by atoms with Crippen molar-refractivity contribution in [2.45, 2.75) is 6.42 Å². The number of ether oxygens (including phenoxy) is 1. The number of hydrogen-bond donors (Lipinski definition) is 0. The van der Waals surface area contributed by atoms with Crippen LogP contribution in [0.1, 0.15) is 15.9 Å². The van der Waals surface area contributed by atoms with Crippen LogP contribution in [-0.4, -0.2) is 12.9 Å². The summed E-state index contributed by atoms with van der Waals surface area (Å²) in [6.45, 7) is 0.557. The summed E-state index contributed by atoms with van der Waals surface area (Å²) >= 11 is 3.37. The van der Waals surface area contributed by atoms with Crippen LogP contribution < -0.4 is 4.74 Å². The molecule has 2 nitrogen and oxygen atoms in total. The molecule has 0 bridgehead atoms. The molecule has 2 aromatic carbocycles. The Morgan fingerprint density at radius 2 is 1.89 bits per heavy atom. The van der Waals surface area contributed by atoms with Gasteiger partial charge in [-0.05, 0) is 23.8 Å². The first-order chi connectivity index (χ1) is 8.79. The summed E-state index contributed by atoms with van der Waals surface area (Å²) in [5.41, 5.74) is 1.80. The average molecular weight is 305 g/mol. The molecule has 3 heteroatoms. The minimum absolute atomic E-state index is 0.557. The van der Waals surface area contributed by atoms with Gasteiger partial charge in [-0.15, -0.1) is 0 Å². The maximum Gasteiger partial charge on any atom is 0.153 e. The molecule has 0 N–H and O–H groups in total. The maximum absolute atomic E-state index is 10.9. The van der Waals surface area contributed by atoms with Crippen molar-refractivity contribution >= 4 is 22.2 Å². The molecule has 0 spiro atoms. The van der Waals surface area contributed by atoms with Crippen molar-refractivity contribution in [2.24, 2.45) is 0 Å². The van der Waals surface area contributed by atoms with Crippen LogP contribution in [0.2, 0.25) is 0 Å². The van der Waals surface area contributed by atoms with Crippen molar-refractivity contribution < 1.29 is 9.53 Å². The van der Waals surface area contributed by atoms with Crippen molar-refractivity contribution in [3.63, 3.8) is 0 Å². The Hall–Kier alpha value is -1.61. The zero-order valence-corrected chi connectivity index (χ0v) is 11.4. The fourth-order valence-corrected chi connectivity index (χ4v) is 1.99. The van der Waals surface area contributed by atoms with E-state index in [-0.39, 0.29) is 0 Å². The number of hydrogen-bond acceptors (Lipinski definition) is 2. The highest BCUT2D eigenvalue weighted by atomic mass is 79.9. The van der Waals surface area contributed by atoms with Gasteiger partial charge < -0.3 is 4.74 Å². The Labute approximate surface area is 115 Å². The van der Waals surface area contributed by atoms with Crippen molar-refractivity contribution in [2.75, 3.05) is 6.61 Å². The lowest BCUT2D eigenvalue weighted by atomic mass is 10.2. The smallest absolute Gasteiger partial charge is 0.153 e. The summed E-state index contributed by atoms with van der Waals surface area (Å²) in [6.07, 6.45) is 1.63. The Morgan fingerprint density at radius 3 is 2.61 bits per heavy atom. The standard InChI is InChI=1S/C15H13BrO2/c16-14-7-6-13(11-17)15(10-14)18-9-8-12-4-2-1-3-5-12/h1-7,10-11H,8-9H2. The number of halogens is 1. The summed E-state index contributed by atoms with van der Waals surface area (Å²) in [6, 6.07) is 15.5. The molecule has 0 heterocycles. The van der Waals surface area contributed by atoms with Crippen LogP contribution in [0.15, 0.2) is 53.0 Å². The van der Waals surface area contributed by atoms with Crippen LogP contribution in [0.4, 0.5) is 0 Å². The van der Waals surface area contributed by atoms with Crippen molar-refractivity contribution in [3.05, 3.63) is 64.1 Å². The molecule has 0 saturated carbocycles. The highest BCUT2D eigenvalue weighted by Crippen LogP contribution is 2.22. The number of carbonyl (C=O) groups is 1. The molecule has 0 aliphatic rings. The third-order valence-corrected chi connectivity index (χ3v) is 3.09. The van der Waals surface area contributed by atoms with Gasteiger partial charge in [0.2, 0.25) is 0 Å². The molecule has 0 aromatic heterocycles. The average Bonchev–Trinajstić information content (AvgIpc) is 2.40. The monoisotopic (exact) mass is 304 g/mol. The van der Waals surface area contributed by atoms with Crippen molar-refractivity contribution in [3.8, 4) is 5.75 Å². The normalized spacial score (nSPS) is 10.1. The first-order valence-electron chi connectivity index (χ1n) is 5.71. The van der Waals surface area contributed by atoms with E-state index < -0.39 is 0 Å². The van der Waals surface area contributed by atoms with E-state index in [1.807, 2.05) is 30.3 Å². The van der Waals surface area contributed by atoms with Gasteiger partial charge in [0.15, 0.2) is 6.29 Å². The highest BCUT2D eigenvalue weighted by Gasteiger charge is 2.03. The van der Waals surface area contributed by atoms with Crippen molar-refractivity contribution in [1.29, 1.82) is 0 Å². The molecule has 0 atom stereocenters. The largest absolute Gasteiger partial charge is 0.492 e. The first-order valence-corrected chi connectivity index (χ1v) is 6.50. The lowest BCUT2D eigenvalue weighted by Crippen LogP contribution is -2.03. The van der Waals surface area contributed by atoms with Gasteiger partial charge in [-0.25, -0.2) is 0 Å². The number of aldehydes is 1. The second kappa shape index (κ2) is 6.36. The van der Waals surface area contributed by atoms with E-state index in [4.69, 9.17) is 4.74 Å². The molecular formula is C15H13BrO2. The van der Waals surface area contributed by atoms with Gasteiger partial charge in [0.05, 0.1) is 12.2 Å². The molecule has 0 saturated heterocycles. The van der Waals surface area contributed by atoms with Crippen LogP contribution in [0.25, 0.3) is 0 Å². The SMILES string of the molecule is O=Cc1ccc(Br)cc1OCCc1ccccc1. The molecular weight excluding hydrogens is 292 g/mol. The predicted octanol–water partition coefficient (Wildman–Crippen LogP) is 3.88. The molecule has 2 aromatic rings. The fourth-order valence-electron chi connectivity index (χ4n) is 1.65.